The first-order valence-corrected chi connectivity index (χ1v) is 11.8. The zero-order valence-electron chi connectivity index (χ0n) is 19.9. The summed E-state index contributed by atoms with van der Waals surface area (Å²) >= 11 is 0. The van der Waals surface area contributed by atoms with Gasteiger partial charge in [-0.05, 0) is 44.9 Å². The van der Waals surface area contributed by atoms with E-state index in [0.29, 0.717) is 19.4 Å². The van der Waals surface area contributed by atoms with Gasteiger partial charge in [0.25, 0.3) is 0 Å². The predicted octanol–water partition coefficient (Wildman–Crippen LogP) is 3.77. The molecule has 1 rings (SSSR count). The highest BCUT2D eigenvalue weighted by molar-refractivity contribution is 6.13. The molecule has 8 heteroatoms. The number of allylic oxidation sites excluding steroid dienone is 3. The second-order valence-electron chi connectivity index (χ2n) is 8.74. The fourth-order valence-corrected chi connectivity index (χ4v) is 4.23. The van der Waals surface area contributed by atoms with Crippen molar-refractivity contribution in [2.24, 2.45) is 23.2 Å². The first-order valence-electron chi connectivity index (χ1n) is 11.8. The molecule has 1 fully saturated rings. The van der Waals surface area contributed by atoms with Crippen LogP contribution >= 0.6 is 0 Å². The van der Waals surface area contributed by atoms with Gasteiger partial charge < -0.3 is 20.1 Å². The van der Waals surface area contributed by atoms with E-state index in [2.05, 4.69) is 6.92 Å². The normalized spacial score (nSPS) is 24.9. The van der Waals surface area contributed by atoms with Gasteiger partial charge in [-0.1, -0.05) is 51.0 Å². The average molecular weight is 467 g/mol. The quantitative estimate of drug-likeness (QED) is 0.143. The van der Waals surface area contributed by atoms with Gasteiger partial charge in [0.15, 0.2) is 5.78 Å². The van der Waals surface area contributed by atoms with Crippen molar-refractivity contribution in [2.75, 3.05) is 6.61 Å². The molecule has 0 heterocycles. The molecule has 1 aliphatic rings. The van der Waals surface area contributed by atoms with Crippen molar-refractivity contribution in [1.29, 1.82) is 0 Å². The van der Waals surface area contributed by atoms with Crippen molar-refractivity contribution >= 4 is 23.7 Å². The lowest BCUT2D eigenvalue weighted by Crippen LogP contribution is -2.42. The molecular formula is C25H38O8. The number of rotatable bonds is 15. The highest BCUT2D eigenvalue weighted by Gasteiger charge is 2.60. The van der Waals surface area contributed by atoms with Gasteiger partial charge in [0.05, 0.1) is 12.7 Å². The average Bonchev–Trinajstić information content (AvgIpc) is 3.05. The molecule has 0 aromatic rings. The molecule has 0 aromatic heterocycles. The monoisotopic (exact) mass is 466 g/mol. The molecule has 0 saturated heterocycles. The van der Waals surface area contributed by atoms with E-state index in [9.17, 15) is 34.5 Å². The summed E-state index contributed by atoms with van der Waals surface area (Å²) in [5.41, 5.74) is -1.90. The highest BCUT2D eigenvalue weighted by atomic mass is 16.5. The number of esters is 1. The zero-order chi connectivity index (χ0) is 25.0. The van der Waals surface area contributed by atoms with Crippen LogP contribution in [0.4, 0.5) is 0 Å². The minimum atomic E-state index is -1.90. The molecule has 3 unspecified atom stereocenters. The fourth-order valence-electron chi connectivity index (χ4n) is 4.23. The molecule has 0 aromatic carbocycles. The number of carbonyl (C=O) groups excluding carboxylic acids is 2. The number of carbonyl (C=O) groups is 4. The molecular weight excluding hydrogens is 428 g/mol. The number of aliphatic hydroxyl groups is 1. The molecule has 8 nitrogen and oxygen atoms in total. The van der Waals surface area contributed by atoms with Crippen molar-refractivity contribution in [3.63, 3.8) is 0 Å². The first kappa shape index (κ1) is 28.6. The number of hydrogen-bond donors (Lipinski definition) is 3. The minimum Gasteiger partial charge on any atom is -0.481 e. The molecule has 1 aliphatic carbocycles. The summed E-state index contributed by atoms with van der Waals surface area (Å²) in [4.78, 5) is 48.3. The van der Waals surface area contributed by atoms with E-state index in [4.69, 9.17) is 4.74 Å². The Morgan fingerprint density at radius 3 is 2.45 bits per heavy atom. The summed E-state index contributed by atoms with van der Waals surface area (Å²) < 4.78 is 4.85. The van der Waals surface area contributed by atoms with Crippen molar-refractivity contribution in [3.8, 4) is 0 Å². The van der Waals surface area contributed by atoms with Crippen molar-refractivity contribution in [1.82, 2.24) is 0 Å². The topological polar surface area (TPSA) is 138 Å². The maximum Gasteiger partial charge on any atom is 0.318 e. The summed E-state index contributed by atoms with van der Waals surface area (Å²) in [5, 5.41) is 29.9. The third kappa shape index (κ3) is 7.81. The maximum atomic E-state index is 13.0. The minimum absolute atomic E-state index is 0.0351. The van der Waals surface area contributed by atoms with Gasteiger partial charge in [-0.3, -0.25) is 19.2 Å². The number of ketones is 1. The lowest BCUT2D eigenvalue weighted by molar-refractivity contribution is -0.156. The largest absolute Gasteiger partial charge is 0.481 e. The Bertz CT molecular complexity index is 741. The van der Waals surface area contributed by atoms with Crippen molar-refractivity contribution < 1.29 is 39.2 Å². The Labute approximate surface area is 195 Å². The number of aliphatic carboxylic acids is 2. The first-order chi connectivity index (χ1) is 15.6. The Kier molecular flexibility index (Phi) is 12.1. The lowest BCUT2D eigenvalue weighted by Gasteiger charge is -2.27. The van der Waals surface area contributed by atoms with E-state index in [1.54, 1.807) is 19.1 Å². The summed E-state index contributed by atoms with van der Waals surface area (Å²) in [5.74, 6) is -6.11. The highest BCUT2D eigenvalue weighted by Crippen LogP contribution is 2.48. The van der Waals surface area contributed by atoms with Crippen LogP contribution in [0.3, 0.4) is 0 Å². The molecule has 5 atom stereocenters. The molecule has 1 saturated carbocycles. The van der Waals surface area contributed by atoms with Crippen LogP contribution in [0, 0.1) is 23.2 Å². The van der Waals surface area contributed by atoms with Gasteiger partial charge in [-0.25, -0.2) is 0 Å². The van der Waals surface area contributed by atoms with E-state index in [-0.39, 0.29) is 31.1 Å². The third-order valence-electron chi connectivity index (χ3n) is 6.36. The molecule has 3 N–H and O–H groups in total. The van der Waals surface area contributed by atoms with Gasteiger partial charge in [0.2, 0.25) is 0 Å². The van der Waals surface area contributed by atoms with Crippen LogP contribution in [-0.4, -0.2) is 51.7 Å². The molecule has 0 bridgehead atoms. The van der Waals surface area contributed by atoms with Crippen molar-refractivity contribution in [3.05, 3.63) is 24.3 Å². The number of ether oxygens (including phenoxy) is 1. The smallest absolute Gasteiger partial charge is 0.318 e. The molecule has 33 heavy (non-hydrogen) atoms. The standard InChI is InChI=1S/C25H38O8/c1-4-6-11-17(3)20(26)14-13-18-16-19(23(29)30)22(28)25(18,24(31)32)15-10-8-7-9-12-21(27)33-5-2/h8,10,13-14,17-20,26H,4-7,9,11-12,15-16H2,1-3H3,(H,29,30)(H,31,32)/t17?,18?,19-,20?,25-/m1/s1. The predicted molar refractivity (Wildman–Crippen MR) is 122 cm³/mol. The van der Waals surface area contributed by atoms with E-state index in [1.807, 2.05) is 6.92 Å². The van der Waals surface area contributed by atoms with Gasteiger partial charge in [-0.2, -0.15) is 0 Å². The molecule has 0 spiro atoms. The number of hydrogen-bond acceptors (Lipinski definition) is 6. The van der Waals surface area contributed by atoms with Crippen LogP contribution in [0.1, 0.15) is 72.1 Å². The summed E-state index contributed by atoms with van der Waals surface area (Å²) in [6.07, 6.45) is 9.22. The fraction of sp³-hybridized carbons (Fsp3) is 0.680. The van der Waals surface area contributed by atoms with Gasteiger partial charge in [0.1, 0.15) is 11.3 Å². The van der Waals surface area contributed by atoms with E-state index < -0.39 is 41.1 Å². The third-order valence-corrected chi connectivity index (χ3v) is 6.36. The van der Waals surface area contributed by atoms with Crippen LogP contribution in [0.5, 0.6) is 0 Å². The Hall–Kier alpha value is -2.48. The number of aliphatic hydroxyl groups excluding tert-OH is 1. The summed E-state index contributed by atoms with van der Waals surface area (Å²) in [6.45, 7) is 5.98. The van der Waals surface area contributed by atoms with Crippen molar-refractivity contribution in [2.45, 2.75) is 78.2 Å². The van der Waals surface area contributed by atoms with Gasteiger partial charge in [-0.15, -0.1) is 0 Å². The number of unbranched alkanes of at least 4 members (excludes halogenated alkanes) is 2. The van der Waals surface area contributed by atoms with Crippen LogP contribution in [0.15, 0.2) is 24.3 Å². The summed E-state index contributed by atoms with van der Waals surface area (Å²) in [7, 11) is 0. The lowest BCUT2D eigenvalue weighted by atomic mass is 9.73. The Morgan fingerprint density at radius 2 is 1.88 bits per heavy atom. The SMILES string of the molecule is CCCCC(C)C(O)C=CC1C[C@@H](C(=O)O)C(=O)[C@]1(CC=CCCCC(=O)OCC)C(=O)O. The van der Waals surface area contributed by atoms with Crippen LogP contribution < -0.4 is 0 Å². The second-order valence-corrected chi connectivity index (χ2v) is 8.74. The zero-order valence-corrected chi connectivity index (χ0v) is 19.9. The van der Waals surface area contributed by atoms with Crippen LogP contribution in [0.25, 0.3) is 0 Å². The maximum absolute atomic E-state index is 13.0. The van der Waals surface area contributed by atoms with Crippen LogP contribution in [0.2, 0.25) is 0 Å². The number of Topliss-reactive ketones (excluding diaryl/α,β-unsaturated/α-hetero) is 1. The Morgan fingerprint density at radius 1 is 1.18 bits per heavy atom. The van der Waals surface area contributed by atoms with Gasteiger partial charge in [0, 0.05) is 12.3 Å². The molecule has 0 amide bonds. The second kappa shape index (κ2) is 13.9. The molecule has 186 valence electrons. The molecule has 0 aliphatic heterocycles. The van der Waals surface area contributed by atoms with Gasteiger partial charge >= 0.3 is 17.9 Å². The Balaban J connectivity index is 3.00. The van der Waals surface area contributed by atoms with E-state index in [1.165, 1.54) is 12.2 Å². The van der Waals surface area contributed by atoms with E-state index >= 15 is 0 Å². The summed E-state index contributed by atoms with van der Waals surface area (Å²) in [6, 6.07) is 0. The number of carboxylic acid groups (broad SMARTS) is 2. The molecule has 0 radical (unpaired) electrons. The van der Waals surface area contributed by atoms with Crippen LogP contribution in [-0.2, 0) is 23.9 Å². The number of carboxylic acids is 2. The van der Waals surface area contributed by atoms with E-state index in [0.717, 1.165) is 19.3 Å².